The van der Waals surface area contributed by atoms with E-state index in [4.69, 9.17) is 0 Å². The van der Waals surface area contributed by atoms with Crippen LogP contribution in [0, 0.1) is 17.8 Å². The number of hydrogen-bond acceptors (Lipinski definition) is 3. The molecular weight excluding hydrogens is 240 g/mol. The van der Waals surface area contributed by atoms with Crippen LogP contribution in [0.25, 0.3) is 0 Å². The first-order valence-electron chi connectivity index (χ1n) is 6.77. The van der Waals surface area contributed by atoms with Crippen molar-refractivity contribution in [3.63, 3.8) is 0 Å². The van der Waals surface area contributed by atoms with E-state index in [2.05, 4.69) is 6.92 Å². The molecule has 0 bridgehead atoms. The second-order valence-corrected chi connectivity index (χ2v) is 6.54. The molecule has 1 radical (unpaired) electrons. The van der Waals surface area contributed by atoms with Gasteiger partial charge in [0.15, 0.2) is 11.6 Å². The summed E-state index contributed by atoms with van der Waals surface area (Å²) in [6, 6.07) is 0. The van der Waals surface area contributed by atoms with E-state index in [0.717, 1.165) is 18.4 Å². The van der Waals surface area contributed by atoms with Crippen LogP contribution in [0.3, 0.4) is 0 Å². The van der Waals surface area contributed by atoms with Crippen LogP contribution in [0.15, 0.2) is 22.8 Å². The Bertz CT molecular complexity index is 573. The Morgan fingerprint density at radius 3 is 2.32 bits per heavy atom. The molecular formula is C16H19O3. The van der Waals surface area contributed by atoms with Gasteiger partial charge in [0, 0.05) is 22.0 Å². The first-order valence-corrected chi connectivity index (χ1v) is 6.77. The van der Waals surface area contributed by atoms with Crippen molar-refractivity contribution in [3.05, 3.63) is 29.7 Å². The summed E-state index contributed by atoms with van der Waals surface area (Å²) in [7, 11) is 0. The van der Waals surface area contributed by atoms with E-state index in [-0.39, 0.29) is 11.6 Å². The van der Waals surface area contributed by atoms with Crippen LogP contribution in [0.1, 0.15) is 40.0 Å². The predicted octanol–water partition coefficient (Wildman–Crippen LogP) is 2.16. The molecule has 0 aliphatic heterocycles. The van der Waals surface area contributed by atoms with Crippen molar-refractivity contribution in [2.75, 3.05) is 0 Å². The van der Waals surface area contributed by atoms with Gasteiger partial charge in [-0.05, 0) is 40.0 Å². The molecule has 0 aromatic heterocycles. The standard InChI is InChI=1S/C16H19O3/c1-5-14(3)8-10-11(13(14)18)9(2)16(6-7-16)15(4,19)12(10)17/h8,19H,1,5-7H2,2-4H3/t14?,15-/m0/s1. The van der Waals surface area contributed by atoms with Gasteiger partial charge in [-0.3, -0.25) is 9.59 Å². The van der Waals surface area contributed by atoms with Gasteiger partial charge in [-0.15, -0.1) is 0 Å². The number of fused-ring (bicyclic) bond motifs is 1. The number of carbonyl (C=O) groups excluding carboxylic acids is 2. The van der Waals surface area contributed by atoms with E-state index in [1.165, 1.54) is 0 Å². The lowest BCUT2D eigenvalue weighted by Gasteiger charge is -2.38. The van der Waals surface area contributed by atoms with Crippen molar-refractivity contribution in [2.24, 2.45) is 10.8 Å². The Balaban J connectivity index is 2.28. The lowest BCUT2D eigenvalue weighted by molar-refractivity contribution is -0.138. The Morgan fingerprint density at radius 1 is 1.26 bits per heavy atom. The van der Waals surface area contributed by atoms with Gasteiger partial charge in [-0.25, -0.2) is 0 Å². The number of aliphatic hydroxyl groups is 1. The van der Waals surface area contributed by atoms with Crippen LogP contribution in [-0.2, 0) is 9.59 Å². The molecule has 1 unspecified atom stereocenters. The number of rotatable bonds is 1. The van der Waals surface area contributed by atoms with Crippen molar-refractivity contribution in [1.29, 1.82) is 0 Å². The maximum atomic E-state index is 12.6. The van der Waals surface area contributed by atoms with Gasteiger partial charge in [0.1, 0.15) is 5.60 Å². The average Bonchev–Trinajstić information content (AvgIpc) is 3.12. The largest absolute Gasteiger partial charge is 0.381 e. The molecule has 1 saturated carbocycles. The quantitative estimate of drug-likeness (QED) is 0.785. The third-order valence-electron chi connectivity index (χ3n) is 5.46. The molecule has 3 rings (SSSR count). The van der Waals surface area contributed by atoms with Crippen molar-refractivity contribution in [2.45, 2.75) is 45.6 Å². The van der Waals surface area contributed by atoms with Crippen LogP contribution in [0.5, 0.6) is 0 Å². The summed E-state index contributed by atoms with van der Waals surface area (Å²) in [6.07, 6.45) is 3.70. The van der Waals surface area contributed by atoms with Crippen molar-refractivity contribution >= 4 is 11.6 Å². The average molecular weight is 259 g/mol. The summed E-state index contributed by atoms with van der Waals surface area (Å²) in [5, 5.41) is 10.6. The zero-order valence-corrected chi connectivity index (χ0v) is 11.7. The zero-order valence-electron chi connectivity index (χ0n) is 11.7. The highest BCUT2D eigenvalue weighted by molar-refractivity contribution is 6.23. The molecule has 0 amide bonds. The monoisotopic (exact) mass is 259 g/mol. The molecule has 3 aliphatic rings. The van der Waals surface area contributed by atoms with E-state index >= 15 is 0 Å². The highest BCUT2D eigenvalue weighted by Gasteiger charge is 2.66. The second kappa shape index (κ2) is 3.26. The fourth-order valence-corrected chi connectivity index (χ4v) is 3.67. The normalized spacial score (nSPS) is 39.7. The summed E-state index contributed by atoms with van der Waals surface area (Å²) in [5.41, 5.74) is -0.711. The summed E-state index contributed by atoms with van der Waals surface area (Å²) >= 11 is 0. The second-order valence-electron chi connectivity index (χ2n) is 6.54. The van der Waals surface area contributed by atoms with Crippen LogP contribution < -0.4 is 0 Å². The first-order chi connectivity index (χ1) is 8.71. The number of hydrogen-bond donors (Lipinski definition) is 1. The van der Waals surface area contributed by atoms with E-state index in [1.54, 1.807) is 13.0 Å². The topological polar surface area (TPSA) is 54.4 Å². The minimum atomic E-state index is -1.38. The van der Waals surface area contributed by atoms with E-state index in [0.29, 0.717) is 17.6 Å². The number of Topliss-reactive ketones (excluding diaryl/α,β-unsaturated/α-hetero) is 2. The summed E-state index contributed by atoms with van der Waals surface area (Å²) in [6.45, 7) is 9.12. The van der Waals surface area contributed by atoms with Crippen molar-refractivity contribution < 1.29 is 14.7 Å². The highest BCUT2D eigenvalue weighted by Crippen LogP contribution is 2.65. The van der Waals surface area contributed by atoms with Crippen LogP contribution in [-0.4, -0.2) is 22.3 Å². The fraction of sp³-hybridized carbons (Fsp3) is 0.562. The Morgan fingerprint density at radius 2 is 1.84 bits per heavy atom. The summed E-state index contributed by atoms with van der Waals surface area (Å²) < 4.78 is 0. The summed E-state index contributed by atoms with van der Waals surface area (Å²) in [5.74, 6) is -0.304. The van der Waals surface area contributed by atoms with Gasteiger partial charge < -0.3 is 5.11 Å². The molecule has 3 heteroatoms. The molecule has 19 heavy (non-hydrogen) atoms. The Labute approximate surface area is 113 Å². The summed E-state index contributed by atoms with van der Waals surface area (Å²) in [4.78, 5) is 25.1. The highest BCUT2D eigenvalue weighted by atomic mass is 16.3. The molecule has 101 valence electrons. The van der Waals surface area contributed by atoms with Crippen molar-refractivity contribution in [3.8, 4) is 0 Å². The Hall–Kier alpha value is -1.22. The SMILES string of the molecule is [CH2]CC1(C)C=C2C(=O)[C@](C)(O)C3(CC3)C(C)=C2C1=O. The van der Waals surface area contributed by atoms with Gasteiger partial charge >= 0.3 is 0 Å². The molecule has 0 heterocycles. The minimum absolute atomic E-state index is 0.00914. The van der Waals surface area contributed by atoms with Gasteiger partial charge in [0.05, 0.1) is 0 Å². The molecule has 0 saturated heterocycles. The van der Waals surface area contributed by atoms with Crippen LogP contribution in [0.2, 0.25) is 0 Å². The van der Waals surface area contributed by atoms with E-state index in [1.807, 2.05) is 13.8 Å². The molecule has 1 spiro atoms. The molecule has 3 aliphatic carbocycles. The van der Waals surface area contributed by atoms with Gasteiger partial charge in [-0.1, -0.05) is 18.6 Å². The van der Waals surface area contributed by atoms with Crippen LogP contribution >= 0.6 is 0 Å². The minimum Gasteiger partial charge on any atom is -0.381 e. The third kappa shape index (κ3) is 1.22. The number of allylic oxidation sites excluding steroid dienone is 2. The van der Waals surface area contributed by atoms with Gasteiger partial charge in [0.2, 0.25) is 0 Å². The molecule has 3 nitrogen and oxygen atoms in total. The lowest BCUT2D eigenvalue weighted by Crippen LogP contribution is -2.49. The molecule has 1 N–H and O–H groups in total. The van der Waals surface area contributed by atoms with Crippen molar-refractivity contribution in [1.82, 2.24) is 0 Å². The van der Waals surface area contributed by atoms with E-state index < -0.39 is 16.4 Å². The fourth-order valence-electron chi connectivity index (χ4n) is 3.67. The lowest BCUT2D eigenvalue weighted by atomic mass is 9.68. The zero-order chi connectivity index (χ0) is 14.2. The third-order valence-corrected chi connectivity index (χ3v) is 5.46. The molecule has 0 aromatic carbocycles. The Kier molecular flexibility index (Phi) is 2.20. The van der Waals surface area contributed by atoms with E-state index in [9.17, 15) is 14.7 Å². The molecule has 1 fully saturated rings. The predicted molar refractivity (Wildman–Crippen MR) is 71.2 cm³/mol. The number of carbonyl (C=O) groups is 2. The molecule has 2 atom stereocenters. The first kappa shape index (κ1) is 12.8. The number of ketones is 2. The smallest absolute Gasteiger partial charge is 0.195 e. The maximum absolute atomic E-state index is 12.6. The molecule has 0 aromatic rings. The van der Waals surface area contributed by atoms with Gasteiger partial charge in [0.25, 0.3) is 0 Å². The van der Waals surface area contributed by atoms with Crippen LogP contribution in [0.4, 0.5) is 0 Å². The maximum Gasteiger partial charge on any atom is 0.195 e. The van der Waals surface area contributed by atoms with Gasteiger partial charge in [-0.2, -0.15) is 0 Å².